The molecule has 0 fully saturated rings. The molecule has 100 valence electrons. The molecule has 0 aliphatic rings. The van der Waals surface area contributed by atoms with Crippen molar-refractivity contribution < 1.29 is 9.53 Å². The van der Waals surface area contributed by atoms with Gasteiger partial charge in [0.15, 0.2) is 6.10 Å². The number of carbonyl (C=O) groups is 1. The highest BCUT2D eigenvalue weighted by Crippen LogP contribution is 2.21. The third kappa shape index (κ3) is 3.61. The van der Waals surface area contributed by atoms with Gasteiger partial charge in [-0.3, -0.25) is 4.79 Å². The summed E-state index contributed by atoms with van der Waals surface area (Å²) < 4.78 is 5.63. The maximum absolute atomic E-state index is 11.7. The summed E-state index contributed by atoms with van der Waals surface area (Å²) in [6.07, 6.45) is -0.538. The van der Waals surface area contributed by atoms with E-state index in [2.05, 4.69) is 5.32 Å². The summed E-state index contributed by atoms with van der Waals surface area (Å²) in [6, 6.07) is 13.8. The number of hydrogen-bond donors (Lipinski definition) is 1. The molecule has 2 aromatic rings. The second-order valence-electron chi connectivity index (χ2n) is 4.25. The van der Waals surface area contributed by atoms with Crippen LogP contribution < -0.4 is 10.1 Å². The summed E-state index contributed by atoms with van der Waals surface area (Å²) >= 11 is 5.52. The molecule has 1 N–H and O–H groups in total. The minimum absolute atomic E-state index is 0.159. The molecule has 0 heterocycles. The summed E-state index contributed by atoms with van der Waals surface area (Å²) in [7, 11) is 0. The van der Waals surface area contributed by atoms with Crippen molar-refractivity contribution >= 4 is 28.3 Å². The van der Waals surface area contributed by atoms with Crippen LogP contribution in [-0.2, 0) is 4.79 Å². The fourth-order valence-electron chi connectivity index (χ4n) is 1.81. The fraction of sp³-hybridized carbons (Fsp3) is 0.267. The molecular weight excluding hydrogens is 262 g/mol. The topological polar surface area (TPSA) is 38.3 Å². The Morgan fingerprint density at radius 2 is 2.00 bits per heavy atom. The fourth-order valence-corrected chi connectivity index (χ4v) is 1.91. The molecule has 4 heteroatoms. The van der Waals surface area contributed by atoms with E-state index in [4.69, 9.17) is 16.3 Å². The monoisotopic (exact) mass is 277 g/mol. The van der Waals surface area contributed by atoms with Crippen LogP contribution in [0.15, 0.2) is 42.5 Å². The zero-order chi connectivity index (χ0) is 13.7. The number of carbonyl (C=O) groups excluding carboxylic acids is 1. The molecule has 0 spiro atoms. The lowest BCUT2D eigenvalue weighted by molar-refractivity contribution is -0.127. The Morgan fingerprint density at radius 1 is 1.26 bits per heavy atom. The normalized spacial score (nSPS) is 12.1. The van der Waals surface area contributed by atoms with Crippen molar-refractivity contribution in [1.29, 1.82) is 0 Å². The number of halogens is 1. The van der Waals surface area contributed by atoms with Crippen LogP contribution in [0, 0.1) is 0 Å². The number of nitrogens with one attached hydrogen (secondary N) is 1. The van der Waals surface area contributed by atoms with Gasteiger partial charge < -0.3 is 10.1 Å². The minimum Gasteiger partial charge on any atom is -0.481 e. The molecule has 2 rings (SSSR count). The highest BCUT2D eigenvalue weighted by Gasteiger charge is 2.13. The smallest absolute Gasteiger partial charge is 0.260 e. The average Bonchev–Trinajstić information content (AvgIpc) is 2.44. The van der Waals surface area contributed by atoms with Crippen molar-refractivity contribution in [2.45, 2.75) is 13.0 Å². The van der Waals surface area contributed by atoms with E-state index in [1.807, 2.05) is 42.5 Å². The van der Waals surface area contributed by atoms with Crippen LogP contribution in [0.4, 0.5) is 0 Å². The molecule has 0 bridgehead atoms. The molecule has 1 unspecified atom stereocenters. The summed E-state index contributed by atoms with van der Waals surface area (Å²) in [5.41, 5.74) is 0. The predicted octanol–water partition coefficient (Wildman–Crippen LogP) is 2.96. The lowest BCUT2D eigenvalue weighted by Crippen LogP contribution is -2.37. The number of benzene rings is 2. The Bertz CT molecular complexity index is 571. The number of ether oxygens (including phenoxy) is 1. The van der Waals surface area contributed by atoms with Gasteiger partial charge in [0.2, 0.25) is 0 Å². The van der Waals surface area contributed by atoms with Crippen LogP contribution in [0.2, 0.25) is 0 Å². The van der Waals surface area contributed by atoms with Gasteiger partial charge in [0, 0.05) is 12.4 Å². The summed E-state index contributed by atoms with van der Waals surface area (Å²) in [4.78, 5) is 11.7. The molecule has 0 radical (unpaired) electrons. The third-order valence-corrected chi connectivity index (χ3v) is 2.99. The third-order valence-electron chi connectivity index (χ3n) is 2.80. The Balaban J connectivity index is 2.06. The van der Waals surface area contributed by atoms with Gasteiger partial charge >= 0.3 is 0 Å². The average molecular weight is 278 g/mol. The molecule has 1 amide bonds. The van der Waals surface area contributed by atoms with Crippen molar-refractivity contribution in [2.75, 3.05) is 12.4 Å². The van der Waals surface area contributed by atoms with Crippen molar-refractivity contribution in [3.05, 3.63) is 42.5 Å². The van der Waals surface area contributed by atoms with Crippen LogP contribution in [0.25, 0.3) is 10.8 Å². The van der Waals surface area contributed by atoms with E-state index in [1.165, 1.54) is 0 Å². The van der Waals surface area contributed by atoms with E-state index < -0.39 is 6.10 Å². The summed E-state index contributed by atoms with van der Waals surface area (Å²) in [5.74, 6) is 0.926. The first kappa shape index (κ1) is 13.7. The second kappa shape index (κ2) is 6.43. The number of rotatable bonds is 5. The minimum atomic E-state index is -0.538. The zero-order valence-corrected chi connectivity index (χ0v) is 11.5. The van der Waals surface area contributed by atoms with Gasteiger partial charge in [-0.25, -0.2) is 0 Å². The van der Waals surface area contributed by atoms with Gasteiger partial charge in [-0.15, -0.1) is 11.6 Å². The van der Waals surface area contributed by atoms with Crippen LogP contribution in [0.5, 0.6) is 5.75 Å². The molecule has 0 saturated heterocycles. The first-order chi connectivity index (χ1) is 9.20. The van der Waals surface area contributed by atoms with E-state index in [9.17, 15) is 4.79 Å². The molecular formula is C15H16ClNO2. The molecule has 2 aromatic carbocycles. The Morgan fingerprint density at radius 3 is 2.74 bits per heavy atom. The molecule has 19 heavy (non-hydrogen) atoms. The van der Waals surface area contributed by atoms with Crippen LogP contribution in [0.1, 0.15) is 6.92 Å². The number of amides is 1. The molecule has 0 aliphatic carbocycles. The Labute approximate surface area is 117 Å². The first-order valence-electron chi connectivity index (χ1n) is 6.20. The number of hydrogen-bond acceptors (Lipinski definition) is 2. The molecule has 3 nitrogen and oxygen atoms in total. The molecule has 0 aromatic heterocycles. The highest BCUT2D eigenvalue weighted by molar-refractivity contribution is 6.18. The van der Waals surface area contributed by atoms with Gasteiger partial charge in [0.1, 0.15) is 5.75 Å². The standard InChI is InChI=1S/C15H16ClNO2/c1-11(15(18)17-9-8-16)19-14-7-6-12-4-2-3-5-13(12)10-14/h2-7,10-11H,8-9H2,1H3,(H,17,18). The van der Waals surface area contributed by atoms with Gasteiger partial charge in [-0.1, -0.05) is 30.3 Å². The maximum atomic E-state index is 11.7. The van der Waals surface area contributed by atoms with E-state index >= 15 is 0 Å². The number of alkyl halides is 1. The molecule has 1 atom stereocenters. The van der Waals surface area contributed by atoms with Crippen molar-refractivity contribution in [2.24, 2.45) is 0 Å². The van der Waals surface area contributed by atoms with Gasteiger partial charge in [-0.05, 0) is 29.8 Å². The quantitative estimate of drug-likeness (QED) is 0.854. The highest BCUT2D eigenvalue weighted by atomic mass is 35.5. The van der Waals surface area contributed by atoms with Crippen molar-refractivity contribution in [1.82, 2.24) is 5.32 Å². The van der Waals surface area contributed by atoms with Crippen LogP contribution >= 0.6 is 11.6 Å². The van der Waals surface area contributed by atoms with Crippen molar-refractivity contribution in [3.63, 3.8) is 0 Å². The van der Waals surface area contributed by atoms with Crippen molar-refractivity contribution in [3.8, 4) is 5.75 Å². The lowest BCUT2D eigenvalue weighted by atomic mass is 10.1. The van der Waals surface area contributed by atoms with Gasteiger partial charge in [-0.2, -0.15) is 0 Å². The van der Waals surface area contributed by atoms with E-state index in [-0.39, 0.29) is 5.91 Å². The second-order valence-corrected chi connectivity index (χ2v) is 4.63. The maximum Gasteiger partial charge on any atom is 0.260 e. The van der Waals surface area contributed by atoms with Crippen LogP contribution in [0.3, 0.4) is 0 Å². The summed E-state index contributed by atoms with van der Waals surface area (Å²) in [5, 5.41) is 4.93. The van der Waals surface area contributed by atoms with Crippen LogP contribution in [-0.4, -0.2) is 24.4 Å². The summed E-state index contributed by atoms with van der Waals surface area (Å²) in [6.45, 7) is 2.17. The number of fused-ring (bicyclic) bond motifs is 1. The Kier molecular flexibility index (Phi) is 4.63. The largest absolute Gasteiger partial charge is 0.481 e. The molecule has 0 saturated carbocycles. The van der Waals surface area contributed by atoms with E-state index in [0.717, 1.165) is 10.8 Å². The Hall–Kier alpha value is -1.74. The predicted molar refractivity (Wildman–Crippen MR) is 77.8 cm³/mol. The SMILES string of the molecule is CC(Oc1ccc2ccccc2c1)C(=O)NCCCl. The van der Waals surface area contributed by atoms with Gasteiger partial charge in [0.25, 0.3) is 5.91 Å². The molecule has 0 aliphatic heterocycles. The van der Waals surface area contributed by atoms with Gasteiger partial charge in [0.05, 0.1) is 0 Å². The first-order valence-corrected chi connectivity index (χ1v) is 6.73. The lowest BCUT2D eigenvalue weighted by Gasteiger charge is -2.14. The zero-order valence-electron chi connectivity index (χ0n) is 10.7. The van der Waals surface area contributed by atoms with E-state index in [0.29, 0.717) is 18.2 Å². The van der Waals surface area contributed by atoms with E-state index in [1.54, 1.807) is 6.92 Å².